The number of benzene rings is 3. The van der Waals surface area contributed by atoms with Gasteiger partial charge >= 0.3 is 0 Å². The summed E-state index contributed by atoms with van der Waals surface area (Å²) in [7, 11) is 0. The molecule has 10 heteroatoms. The molecule has 0 fully saturated rings. The summed E-state index contributed by atoms with van der Waals surface area (Å²) < 4.78 is 32.0. The van der Waals surface area contributed by atoms with Crippen LogP contribution in [0, 0.1) is 76.4 Å². The SMILES string of the molecule is [C-]#[N+]C1=C(F)/C(=C(/C#N)c2cc([N+]#[C-])cc([N+]#[C-])c2)c2cc3c(cc21)/C(=C(\C#N)c1cc(C#N)cc(C#N)c1)C(F)=C3C#N. The number of fused-ring (bicyclic) bond motifs is 2. The molecule has 0 heterocycles. The summed E-state index contributed by atoms with van der Waals surface area (Å²) in [5.74, 6) is -2.14. The van der Waals surface area contributed by atoms with Gasteiger partial charge in [0.2, 0.25) is 5.70 Å². The van der Waals surface area contributed by atoms with Gasteiger partial charge in [0.25, 0.3) is 0 Å². The van der Waals surface area contributed by atoms with E-state index in [4.69, 9.17) is 19.7 Å². The summed E-state index contributed by atoms with van der Waals surface area (Å²) in [4.78, 5) is 9.91. The van der Waals surface area contributed by atoms with E-state index in [0.717, 1.165) is 0 Å². The lowest BCUT2D eigenvalue weighted by molar-refractivity contribution is 0.682. The number of nitrogens with zero attached hydrogens (tertiary/aromatic N) is 8. The standard InChI is InChI=1S/C34H8F2N8/c1-42-21-7-20(8-22(9-21)43-2)28(15-40)31-25-10-23-24(11-26(25)34(44-3)33(31)36)30(32(35)29(23)16-41)27(14-39)19-5-17(12-37)4-18(6-19)13-38/h4-11H/b30-27-,31-28-. The molecule has 0 aliphatic heterocycles. The highest BCUT2D eigenvalue weighted by Gasteiger charge is 2.37. The van der Waals surface area contributed by atoms with Gasteiger partial charge < -0.3 is 0 Å². The fraction of sp³-hybridized carbons (Fsp3) is 0. The Morgan fingerprint density at radius 2 is 1.05 bits per heavy atom. The number of rotatable bonds is 2. The predicted molar refractivity (Wildman–Crippen MR) is 154 cm³/mol. The van der Waals surface area contributed by atoms with Gasteiger partial charge in [-0.3, -0.25) is 0 Å². The summed E-state index contributed by atoms with van der Waals surface area (Å²) in [6, 6.07) is 19.6. The zero-order chi connectivity index (χ0) is 31.7. The van der Waals surface area contributed by atoms with Gasteiger partial charge in [-0.25, -0.2) is 23.3 Å². The molecule has 0 aromatic heterocycles. The minimum atomic E-state index is -1.07. The first kappa shape index (κ1) is 27.9. The topological polar surface area (TPSA) is 132 Å². The molecule has 2 aliphatic carbocycles. The van der Waals surface area contributed by atoms with E-state index in [2.05, 4.69) is 14.5 Å². The summed E-state index contributed by atoms with van der Waals surface area (Å²) in [5, 5.41) is 48.9. The Labute approximate surface area is 249 Å². The molecule has 198 valence electrons. The van der Waals surface area contributed by atoms with E-state index >= 15 is 8.78 Å². The van der Waals surface area contributed by atoms with Gasteiger partial charge in [0.1, 0.15) is 24.0 Å². The van der Waals surface area contributed by atoms with Crippen LogP contribution in [0.15, 0.2) is 60.2 Å². The quantitative estimate of drug-likeness (QED) is 0.228. The average molecular weight is 566 g/mol. The van der Waals surface area contributed by atoms with Crippen LogP contribution in [0.4, 0.5) is 20.2 Å². The first-order chi connectivity index (χ1) is 21.3. The molecule has 0 unspecified atom stereocenters. The molecule has 3 aromatic rings. The molecular weight excluding hydrogens is 558 g/mol. The highest BCUT2D eigenvalue weighted by atomic mass is 19.1. The molecule has 0 radical (unpaired) electrons. The number of allylic oxidation sites excluding steroid dienone is 7. The minimum Gasteiger partial charge on any atom is -0.239 e. The van der Waals surface area contributed by atoms with Crippen molar-refractivity contribution >= 4 is 44.9 Å². The third kappa shape index (κ3) is 4.13. The molecular formula is C34H8F2N8. The van der Waals surface area contributed by atoms with Gasteiger partial charge in [-0.1, -0.05) is 24.3 Å². The molecule has 3 aromatic carbocycles. The van der Waals surface area contributed by atoms with Crippen molar-refractivity contribution < 1.29 is 8.78 Å². The number of nitriles is 5. The molecule has 0 amide bonds. The largest absolute Gasteiger partial charge is 0.239 e. The molecule has 44 heavy (non-hydrogen) atoms. The second kappa shape index (κ2) is 10.8. The van der Waals surface area contributed by atoms with E-state index < -0.39 is 22.9 Å². The fourth-order valence-electron chi connectivity index (χ4n) is 5.14. The number of halogens is 2. The van der Waals surface area contributed by atoms with Gasteiger partial charge in [-0.15, -0.1) is 0 Å². The molecule has 0 saturated heterocycles. The smallest absolute Gasteiger partial charge is 0.230 e. The monoisotopic (exact) mass is 566 g/mol. The van der Waals surface area contributed by atoms with Crippen molar-refractivity contribution in [3.8, 4) is 30.3 Å². The maximum absolute atomic E-state index is 16.0. The molecule has 5 rings (SSSR count). The van der Waals surface area contributed by atoms with E-state index in [1.807, 2.05) is 24.3 Å². The third-order valence-electron chi connectivity index (χ3n) is 6.96. The van der Waals surface area contributed by atoms with E-state index in [1.165, 1.54) is 48.5 Å². The van der Waals surface area contributed by atoms with Crippen LogP contribution in [-0.2, 0) is 0 Å². The lowest BCUT2D eigenvalue weighted by Gasteiger charge is -2.12. The average Bonchev–Trinajstić information content (AvgIpc) is 3.48. The molecule has 2 aliphatic rings. The van der Waals surface area contributed by atoms with Crippen molar-refractivity contribution in [2.45, 2.75) is 0 Å². The van der Waals surface area contributed by atoms with Gasteiger partial charge in [0.15, 0.2) is 17.2 Å². The first-order valence-corrected chi connectivity index (χ1v) is 12.2. The van der Waals surface area contributed by atoms with Crippen molar-refractivity contribution in [1.29, 1.82) is 26.3 Å². The highest BCUT2D eigenvalue weighted by Crippen LogP contribution is 2.53. The molecule has 0 saturated carbocycles. The van der Waals surface area contributed by atoms with Crippen LogP contribution >= 0.6 is 0 Å². The number of hydrogen-bond acceptors (Lipinski definition) is 5. The van der Waals surface area contributed by atoms with Crippen LogP contribution in [0.2, 0.25) is 0 Å². The van der Waals surface area contributed by atoms with Gasteiger partial charge in [0.05, 0.1) is 59.7 Å². The third-order valence-corrected chi connectivity index (χ3v) is 6.96. The Morgan fingerprint density at radius 1 is 0.545 bits per heavy atom. The second-order valence-corrected chi connectivity index (χ2v) is 9.23. The molecule has 0 N–H and O–H groups in total. The maximum Gasteiger partial charge on any atom is 0.230 e. The van der Waals surface area contributed by atoms with E-state index in [9.17, 15) is 26.3 Å². The van der Waals surface area contributed by atoms with Crippen LogP contribution in [0.5, 0.6) is 0 Å². The first-order valence-electron chi connectivity index (χ1n) is 12.2. The Bertz CT molecular complexity index is 2150. The second-order valence-electron chi connectivity index (χ2n) is 9.23. The summed E-state index contributed by atoms with van der Waals surface area (Å²) in [6.45, 7) is 22.3. The van der Waals surface area contributed by atoms with Crippen LogP contribution in [-0.4, -0.2) is 0 Å². The lowest BCUT2D eigenvalue weighted by Crippen LogP contribution is -1.96. The summed E-state index contributed by atoms with van der Waals surface area (Å²) in [6.07, 6.45) is 0. The van der Waals surface area contributed by atoms with Crippen molar-refractivity contribution in [3.05, 3.63) is 139 Å². The van der Waals surface area contributed by atoms with Crippen LogP contribution < -0.4 is 0 Å². The van der Waals surface area contributed by atoms with Crippen molar-refractivity contribution in [1.82, 2.24) is 0 Å². The predicted octanol–water partition coefficient (Wildman–Crippen LogP) is 8.19. The number of hydrogen-bond donors (Lipinski definition) is 0. The normalized spacial score (nSPS) is 14.8. The van der Waals surface area contributed by atoms with Crippen molar-refractivity contribution in [2.75, 3.05) is 0 Å². The maximum atomic E-state index is 16.0. The van der Waals surface area contributed by atoms with Crippen LogP contribution in [0.25, 0.3) is 48.1 Å². The molecule has 0 bridgehead atoms. The van der Waals surface area contributed by atoms with E-state index in [-0.39, 0.29) is 78.2 Å². The van der Waals surface area contributed by atoms with Crippen LogP contribution in [0.1, 0.15) is 44.5 Å². The Hall–Kier alpha value is -7.60. The van der Waals surface area contributed by atoms with E-state index in [1.54, 1.807) is 6.07 Å². The van der Waals surface area contributed by atoms with Gasteiger partial charge in [-0.05, 0) is 52.1 Å². The molecule has 0 atom stereocenters. The van der Waals surface area contributed by atoms with Crippen molar-refractivity contribution in [2.24, 2.45) is 0 Å². The Kier molecular flexibility index (Phi) is 6.83. The highest BCUT2D eigenvalue weighted by molar-refractivity contribution is 6.17. The summed E-state index contributed by atoms with van der Waals surface area (Å²) >= 11 is 0. The molecule has 8 nitrogen and oxygen atoms in total. The Balaban J connectivity index is 1.88. The zero-order valence-corrected chi connectivity index (χ0v) is 22.0. The van der Waals surface area contributed by atoms with Crippen molar-refractivity contribution in [3.63, 3.8) is 0 Å². The minimum absolute atomic E-state index is 0.0000650. The molecule has 0 spiro atoms. The fourth-order valence-corrected chi connectivity index (χ4v) is 5.14. The Morgan fingerprint density at radius 3 is 1.52 bits per heavy atom. The summed E-state index contributed by atoms with van der Waals surface area (Å²) in [5.41, 5.74) is -2.10. The van der Waals surface area contributed by atoms with Gasteiger partial charge in [0, 0.05) is 16.7 Å². The van der Waals surface area contributed by atoms with E-state index in [0.29, 0.717) is 0 Å². The lowest BCUT2D eigenvalue weighted by atomic mass is 9.90. The van der Waals surface area contributed by atoms with Gasteiger partial charge in [-0.2, -0.15) is 26.3 Å². The van der Waals surface area contributed by atoms with Crippen LogP contribution in [0.3, 0.4) is 0 Å². The zero-order valence-electron chi connectivity index (χ0n) is 22.0.